The van der Waals surface area contributed by atoms with Crippen molar-refractivity contribution in [1.29, 1.82) is 0 Å². The molecule has 1 aliphatic rings. The van der Waals surface area contributed by atoms with Gasteiger partial charge < -0.3 is 11.1 Å². The number of carbonyl (C=O) groups is 1. The number of nitrogens with one attached hydrogen (secondary N) is 1. The number of aromatic nitrogens is 2. The van der Waals surface area contributed by atoms with Crippen molar-refractivity contribution in [3.63, 3.8) is 0 Å². The number of nitrogens with zero attached hydrogens (tertiary/aromatic N) is 2. The maximum Gasteiger partial charge on any atom is 0.254 e. The van der Waals surface area contributed by atoms with E-state index in [1.165, 1.54) is 16.7 Å². The lowest BCUT2D eigenvalue weighted by atomic mass is 9.96. The number of primary amides is 1. The molecule has 0 bridgehead atoms. The lowest BCUT2D eigenvalue weighted by Crippen LogP contribution is -2.26. The molecule has 1 aromatic carbocycles. The fraction of sp³-hybridized carbons (Fsp3) is 0.333. The summed E-state index contributed by atoms with van der Waals surface area (Å²) in [5.41, 5.74) is 9.59. The highest BCUT2D eigenvalue weighted by atomic mass is 16.1. The number of hydrogen-bond donors (Lipinski definition) is 2. The van der Waals surface area contributed by atoms with Crippen LogP contribution in [-0.2, 0) is 0 Å². The molecule has 5 heteroatoms. The Morgan fingerprint density at radius 3 is 2.95 bits per heavy atom. The molecule has 0 saturated carbocycles. The molecule has 1 aromatic heterocycles. The number of anilines is 1. The average molecular weight is 270 g/mol. The second-order valence-corrected chi connectivity index (χ2v) is 5.31. The minimum atomic E-state index is -0.444. The van der Waals surface area contributed by atoms with Crippen LogP contribution in [0.5, 0.6) is 0 Å². The van der Waals surface area contributed by atoms with Gasteiger partial charge in [-0.2, -0.15) is 5.10 Å². The largest absolute Gasteiger partial charge is 0.369 e. The maximum absolute atomic E-state index is 11.4. The monoisotopic (exact) mass is 270 g/mol. The van der Waals surface area contributed by atoms with Gasteiger partial charge in [0.05, 0.1) is 12.2 Å². The van der Waals surface area contributed by atoms with Gasteiger partial charge in [0.15, 0.2) is 0 Å². The molecule has 2 heterocycles. The first-order valence-corrected chi connectivity index (χ1v) is 6.76. The molecule has 1 atom stereocenters. The molecular weight excluding hydrogens is 252 g/mol. The summed E-state index contributed by atoms with van der Waals surface area (Å²) in [4.78, 5) is 11.4. The highest BCUT2D eigenvalue weighted by molar-refractivity contribution is 5.97. The number of fused-ring (bicyclic) bond motifs is 1. The van der Waals surface area contributed by atoms with Gasteiger partial charge in [0.25, 0.3) is 5.91 Å². The summed E-state index contributed by atoms with van der Waals surface area (Å²) < 4.78 is 1.88. The van der Waals surface area contributed by atoms with Crippen molar-refractivity contribution in [2.24, 2.45) is 5.73 Å². The number of amides is 1. The van der Waals surface area contributed by atoms with Crippen LogP contribution in [0.25, 0.3) is 0 Å². The summed E-state index contributed by atoms with van der Waals surface area (Å²) >= 11 is 0. The molecule has 1 aliphatic heterocycles. The molecule has 5 nitrogen and oxygen atoms in total. The third-order valence-electron chi connectivity index (χ3n) is 3.85. The Kier molecular flexibility index (Phi) is 2.97. The van der Waals surface area contributed by atoms with Crippen molar-refractivity contribution >= 4 is 11.7 Å². The van der Waals surface area contributed by atoms with E-state index in [1.807, 2.05) is 4.68 Å². The van der Waals surface area contributed by atoms with Crippen LogP contribution in [0.4, 0.5) is 5.82 Å². The predicted octanol–water partition coefficient (Wildman–Crippen LogP) is 2.00. The molecule has 1 amide bonds. The summed E-state index contributed by atoms with van der Waals surface area (Å²) in [5, 5.41) is 7.58. The Hall–Kier alpha value is -2.30. The number of hydrogen-bond acceptors (Lipinski definition) is 3. The van der Waals surface area contributed by atoms with Crippen molar-refractivity contribution in [1.82, 2.24) is 9.78 Å². The van der Waals surface area contributed by atoms with Crippen molar-refractivity contribution < 1.29 is 4.79 Å². The first-order chi connectivity index (χ1) is 9.58. The zero-order valence-electron chi connectivity index (χ0n) is 11.7. The quantitative estimate of drug-likeness (QED) is 0.876. The first kappa shape index (κ1) is 12.7. The molecule has 0 fully saturated rings. The summed E-state index contributed by atoms with van der Waals surface area (Å²) in [6.45, 7) is 5.01. The third-order valence-corrected chi connectivity index (χ3v) is 3.85. The van der Waals surface area contributed by atoms with Crippen LogP contribution in [0.15, 0.2) is 24.4 Å². The van der Waals surface area contributed by atoms with Crippen molar-refractivity contribution in [3.8, 4) is 0 Å². The second kappa shape index (κ2) is 4.67. The molecule has 20 heavy (non-hydrogen) atoms. The van der Waals surface area contributed by atoms with Crippen LogP contribution >= 0.6 is 0 Å². The normalized spacial score (nSPS) is 17.4. The Balaban J connectivity index is 2.08. The van der Waals surface area contributed by atoms with E-state index >= 15 is 0 Å². The molecule has 3 rings (SSSR count). The molecule has 3 N–H and O–H groups in total. The van der Waals surface area contributed by atoms with E-state index in [0.717, 1.165) is 18.8 Å². The zero-order chi connectivity index (χ0) is 14.3. The minimum Gasteiger partial charge on any atom is -0.369 e. The molecule has 1 unspecified atom stereocenters. The third kappa shape index (κ3) is 1.95. The topological polar surface area (TPSA) is 72.9 Å². The van der Waals surface area contributed by atoms with Gasteiger partial charge in [-0.25, -0.2) is 4.68 Å². The highest BCUT2D eigenvalue weighted by Gasteiger charge is 2.26. The number of benzene rings is 1. The number of nitrogens with two attached hydrogens (primary N) is 1. The van der Waals surface area contributed by atoms with Crippen LogP contribution < -0.4 is 11.1 Å². The summed E-state index contributed by atoms with van der Waals surface area (Å²) in [6, 6.07) is 6.59. The Labute approximate surface area is 117 Å². The molecule has 0 spiro atoms. The van der Waals surface area contributed by atoms with Gasteiger partial charge >= 0.3 is 0 Å². The summed E-state index contributed by atoms with van der Waals surface area (Å²) in [6.07, 6.45) is 2.49. The first-order valence-electron chi connectivity index (χ1n) is 6.76. The van der Waals surface area contributed by atoms with E-state index in [1.54, 1.807) is 6.20 Å². The van der Waals surface area contributed by atoms with Crippen LogP contribution in [0.1, 0.15) is 39.5 Å². The molecular formula is C15H18N4O. The molecule has 0 radical (unpaired) electrons. The van der Waals surface area contributed by atoms with E-state index < -0.39 is 5.91 Å². The molecule has 0 saturated heterocycles. The van der Waals surface area contributed by atoms with Gasteiger partial charge in [0, 0.05) is 6.54 Å². The van der Waals surface area contributed by atoms with Gasteiger partial charge in [-0.1, -0.05) is 23.8 Å². The van der Waals surface area contributed by atoms with E-state index in [9.17, 15) is 4.79 Å². The van der Waals surface area contributed by atoms with E-state index in [4.69, 9.17) is 5.73 Å². The van der Waals surface area contributed by atoms with Gasteiger partial charge in [-0.15, -0.1) is 0 Å². The maximum atomic E-state index is 11.4. The fourth-order valence-corrected chi connectivity index (χ4v) is 2.89. The fourth-order valence-electron chi connectivity index (χ4n) is 2.89. The van der Waals surface area contributed by atoms with Crippen molar-refractivity contribution in [2.45, 2.75) is 26.3 Å². The summed E-state index contributed by atoms with van der Waals surface area (Å²) in [5.74, 6) is 0.286. The van der Waals surface area contributed by atoms with Gasteiger partial charge in [-0.05, 0) is 31.4 Å². The van der Waals surface area contributed by atoms with Gasteiger partial charge in [0.2, 0.25) is 0 Å². The smallest absolute Gasteiger partial charge is 0.254 e. The van der Waals surface area contributed by atoms with Crippen LogP contribution in [-0.4, -0.2) is 22.2 Å². The number of rotatable bonds is 2. The van der Waals surface area contributed by atoms with Gasteiger partial charge in [-0.3, -0.25) is 4.79 Å². The minimum absolute atomic E-state index is 0.153. The molecule has 104 valence electrons. The van der Waals surface area contributed by atoms with Crippen LogP contribution in [0, 0.1) is 13.8 Å². The van der Waals surface area contributed by atoms with E-state index in [0.29, 0.717) is 5.56 Å². The lowest BCUT2D eigenvalue weighted by molar-refractivity contribution is 0.100. The Morgan fingerprint density at radius 1 is 1.45 bits per heavy atom. The lowest BCUT2D eigenvalue weighted by Gasteiger charge is -2.27. The Morgan fingerprint density at radius 2 is 2.25 bits per heavy atom. The van der Waals surface area contributed by atoms with Crippen LogP contribution in [0.2, 0.25) is 0 Å². The Bertz CT molecular complexity index is 675. The van der Waals surface area contributed by atoms with E-state index in [2.05, 4.69) is 42.5 Å². The van der Waals surface area contributed by atoms with Crippen molar-refractivity contribution in [3.05, 3.63) is 46.6 Å². The number of aryl methyl sites for hydroxylation is 2. The zero-order valence-corrected chi connectivity index (χ0v) is 11.7. The SMILES string of the molecule is Cc1ccc(C2CCNc3c(C(N)=O)cnn32)c(C)c1. The summed E-state index contributed by atoms with van der Waals surface area (Å²) in [7, 11) is 0. The second-order valence-electron chi connectivity index (χ2n) is 5.31. The van der Waals surface area contributed by atoms with Crippen LogP contribution in [0.3, 0.4) is 0 Å². The van der Waals surface area contributed by atoms with Crippen molar-refractivity contribution in [2.75, 3.05) is 11.9 Å². The van der Waals surface area contributed by atoms with E-state index in [-0.39, 0.29) is 6.04 Å². The highest BCUT2D eigenvalue weighted by Crippen LogP contribution is 2.32. The molecule has 0 aliphatic carbocycles. The molecule has 2 aromatic rings. The standard InChI is InChI=1S/C15H18N4O/c1-9-3-4-11(10(2)7-9)13-5-6-17-15-12(14(16)20)8-18-19(13)15/h3-4,7-8,13,17H,5-6H2,1-2H3,(H2,16,20). The predicted molar refractivity (Wildman–Crippen MR) is 77.9 cm³/mol. The number of carbonyl (C=O) groups excluding carboxylic acids is 1. The van der Waals surface area contributed by atoms with Gasteiger partial charge in [0.1, 0.15) is 11.4 Å². The average Bonchev–Trinajstić information content (AvgIpc) is 2.82.